The van der Waals surface area contributed by atoms with Gasteiger partial charge in [-0.15, -0.1) is 0 Å². The van der Waals surface area contributed by atoms with Crippen LogP contribution in [0, 0.1) is 5.41 Å². The summed E-state index contributed by atoms with van der Waals surface area (Å²) >= 11 is 0. The van der Waals surface area contributed by atoms with E-state index in [1.807, 2.05) is 48.5 Å². The maximum Gasteiger partial charge on any atom is 0.209 e. The summed E-state index contributed by atoms with van der Waals surface area (Å²) < 4.78 is 7.15. The van der Waals surface area contributed by atoms with Crippen molar-refractivity contribution in [3.05, 3.63) is 101 Å². The molecule has 0 aliphatic carbocycles. The van der Waals surface area contributed by atoms with Gasteiger partial charge in [-0.2, -0.15) is 5.10 Å². The summed E-state index contributed by atoms with van der Waals surface area (Å²) in [4.78, 5) is 21.0. The molecule has 4 aromatic rings. The zero-order valence-electron chi connectivity index (χ0n) is 17.3. The van der Waals surface area contributed by atoms with Crippen LogP contribution in [-0.4, -0.2) is 33.1 Å². The Morgan fingerprint density at radius 3 is 2.69 bits per heavy atom. The normalized spacial score (nSPS) is 11.1. The second-order valence-corrected chi connectivity index (χ2v) is 6.69. The summed E-state index contributed by atoms with van der Waals surface area (Å²) in [5.41, 5.74) is 3.32. The molecule has 0 bridgehead atoms. The number of benzene rings is 2. The van der Waals surface area contributed by atoms with Gasteiger partial charge in [0, 0.05) is 42.1 Å². The Hall–Kier alpha value is -4.59. The molecule has 0 fully saturated rings. The van der Waals surface area contributed by atoms with E-state index in [0.717, 1.165) is 17.5 Å². The molecule has 8 heteroatoms. The van der Waals surface area contributed by atoms with Crippen molar-refractivity contribution in [2.75, 3.05) is 12.4 Å². The molecule has 2 aromatic heterocycles. The van der Waals surface area contributed by atoms with E-state index >= 15 is 0 Å². The maximum atomic E-state index is 12.6. The number of nitrogens with one attached hydrogen (secondary N) is 2. The van der Waals surface area contributed by atoms with Gasteiger partial charge in [0.05, 0.1) is 24.7 Å². The van der Waals surface area contributed by atoms with Crippen LogP contribution in [0.25, 0.3) is 22.6 Å². The molecule has 0 radical (unpaired) electrons. The van der Waals surface area contributed by atoms with Crippen LogP contribution in [0.2, 0.25) is 0 Å². The quantitative estimate of drug-likeness (QED) is 0.437. The number of para-hydroxylation sites is 1. The SMILES string of the molecule is COc1cc(-c2cnccn2)ccc1-n1ccc(=O)c(/C(=C/C=N)Nc2ccccc2)n1. The molecule has 2 heterocycles. The Labute approximate surface area is 184 Å². The molecule has 2 N–H and O–H groups in total. The van der Waals surface area contributed by atoms with Crippen LogP contribution >= 0.6 is 0 Å². The molecule has 0 spiro atoms. The van der Waals surface area contributed by atoms with Crippen LogP contribution < -0.4 is 15.5 Å². The first-order valence-corrected chi connectivity index (χ1v) is 9.77. The summed E-state index contributed by atoms with van der Waals surface area (Å²) in [5.74, 6) is 0.559. The highest BCUT2D eigenvalue weighted by Gasteiger charge is 2.13. The molecule has 0 atom stereocenters. The molecule has 0 aliphatic rings. The highest BCUT2D eigenvalue weighted by Crippen LogP contribution is 2.28. The van der Waals surface area contributed by atoms with Crippen LogP contribution in [-0.2, 0) is 0 Å². The predicted molar refractivity (Wildman–Crippen MR) is 124 cm³/mol. The van der Waals surface area contributed by atoms with Gasteiger partial charge in [0.25, 0.3) is 0 Å². The van der Waals surface area contributed by atoms with Gasteiger partial charge in [-0.1, -0.05) is 24.3 Å². The number of anilines is 1. The van der Waals surface area contributed by atoms with Gasteiger partial charge in [0.1, 0.15) is 11.4 Å². The number of allylic oxidation sites excluding steroid dienone is 1. The lowest BCUT2D eigenvalue weighted by molar-refractivity contribution is 0.411. The Balaban J connectivity index is 1.76. The topological polar surface area (TPSA) is 106 Å². The van der Waals surface area contributed by atoms with Crippen molar-refractivity contribution >= 4 is 17.6 Å². The van der Waals surface area contributed by atoms with Crippen LogP contribution in [0.15, 0.2) is 90.3 Å². The van der Waals surface area contributed by atoms with E-state index in [1.165, 1.54) is 12.1 Å². The third-order valence-corrected chi connectivity index (χ3v) is 4.65. The third kappa shape index (κ3) is 4.44. The van der Waals surface area contributed by atoms with E-state index in [4.69, 9.17) is 10.1 Å². The summed E-state index contributed by atoms with van der Waals surface area (Å²) in [6.07, 6.45) is 9.10. The molecule has 32 heavy (non-hydrogen) atoms. The van der Waals surface area contributed by atoms with Gasteiger partial charge in [-0.3, -0.25) is 14.8 Å². The van der Waals surface area contributed by atoms with E-state index < -0.39 is 0 Å². The fourth-order valence-electron chi connectivity index (χ4n) is 3.14. The second kappa shape index (κ2) is 9.48. The van der Waals surface area contributed by atoms with Gasteiger partial charge >= 0.3 is 0 Å². The number of aromatic nitrogens is 4. The maximum absolute atomic E-state index is 12.6. The van der Waals surface area contributed by atoms with Crippen molar-refractivity contribution in [3.8, 4) is 22.7 Å². The molecule has 158 valence electrons. The van der Waals surface area contributed by atoms with Gasteiger partial charge < -0.3 is 15.5 Å². The molecule has 4 rings (SSSR count). The number of hydrogen-bond donors (Lipinski definition) is 2. The lowest BCUT2D eigenvalue weighted by Crippen LogP contribution is -2.18. The minimum Gasteiger partial charge on any atom is -0.494 e. The third-order valence-electron chi connectivity index (χ3n) is 4.65. The molecular weight excluding hydrogens is 404 g/mol. The summed E-state index contributed by atoms with van der Waals surface area (Å²) in [7, 11) is 1.57. The monoisotopic (exact) mass is 424 g/mol. The van der Waals surface area contributed by atoms with E-state index in [9.17, 15) is 4.79 Å². The predicted octanol–water partition coefficient (Wildman–Crippen LogP) is 3.80. The fraction of sp³-hybridized carbons (Fsp3) is 0.0417. The minimum atomic E-state index is -0.270. The highest BCUT2D eigenvalue weighted by atomic mass is 16.5. The Kier molecular flexibility index (Phi) is 6.12. The largest absolute Gasteiger partial charge is 0.494 e. The second-order valence-electron chi connectivity index (χ2n) is 6.69. The molecule has 2 aromatic carbocycles. The van der Waals surface area contributed by atoms with Crippen LogP contribution in [0.3, 0.4) is 0 Å². The standard InChI is InChI=1S/C24H20N6O2/c1-32-23-15-17(20-16-26-12-13-27-20)7-8-21(23)30-14-10-22(31)24(29-30)19(9-11-25)28-18-5-3-2-4-6-18/h2-16,25,28H,1H3/b19-9-,25-11?. The first-order valence-electron chi connectivity index (χ1n) is 9.77. The Morgan fingerprint density at radius 2 is 1.97 bits per heavy atom. The van der Waals surface area contributed by atoms with Gasteiger partial charge in [0.15, 0.2) is 5.69 Å². The molecule has 0 amide bonds. The zero-order valence-corrected chi connectivity index (χ0v) is 17.3. The average molecular weight is 424 g/mol. The van der Waals surface area contributed by atoms with Gasteiger partial charge in [-0.05, 0) is 30.3 Å². The van der Waals surface area contributed by atoms with Crippen LogP contribution in [0.5, 0.6) is 5.75 Å². The van der Waals surface area contributed by atoms with Gasteiger partial charge in [-0.25, -0.2) is 4.68 Å². The van der Waals surface area contributed by atoms with E-state index in [0.29, 0.717) is 22.8 Å². The van der Waals surface area contributed by atoms with Gasteiger partial charge in [0.2, 0.25) is 5.43 Å². The zero-order chi connectivity index (χ0) is 22.3. The first-order chi connectivity index (χ1) is 15.7. The lowest BCUT2D eigenvalue weighted by Gasteiger charge is -2.14. The van der Waals surface area contributed by atoms with Crippen molar-refractivity contribution in [1.82, 2.24) is 19.7 Å². The van der Waals surface area contributed by atoms with Crippen molar-refractivity contribution in [2.45, 2.75) is 0 Å². The molecule has 0 unspecified atom stereocenters. The number of rotatable bonds is 7. The summed E-state index contributed by atoms with van der Waals surface area (Å²) in [5, 5.41) is 15.2. The van der Waals surface area contributed by atoms with Crippen molar-refractivity contribution in [1.29, 1.82) is 5.41 Å². The van der Waals surface area contributed by atoms with Crippen molar-refractivity contribution < 1.29 is 4.74 Å². The van der Waals surface area contributed by atoms with E-state index in [1.54, 1.807) is 36.6 Å². The lowest BCUT2D eigenvalue weighted by atomic mass is 10.1. The average Bonchev–Trinajstić information content (AvgIpc) is 2.85. The Bertz CT molecular complexity index is 1320. The molecule has 0 aliphatic heterocycles. The molecule has 8 nitrogen and oxygen atoms in total. The summed E-state index contributed by atoms with van der Waals surface area (Å²) in [6.45, 7) is 0. The Morgan fingerprint density at radius 1 is 1.12 bits per heavy atom. The number of nitrogens with zero attached hydrogens (tertiary/aromatic N) is 4. The summed E-state index contributed by atoms with van der Waals surface area (Å²) in [6, 6.07) is 16.4. The minimum absolute atomic E-state index is 0.180. The first kappa shape index (κ1) is 20.7. The molecular formula is C24H20N6O2. The van der Waals surface area contributed by atoms with Crippen LogP contribution in [0.4, 0.5) is 5.69 Å². The highest BCUT2D eigenvalue weighted by molar-refractivity contribution is 5.86. The van der Waals surface area contributed by atoms with Crippen LogP contribution in [0.1, 0.15) is 5.69 Å². The smallest absolute Gasteiger partial charge is 0.209 e. The van der Waals surface area contributed by atoms with E-state index in [2.05, 4.69) is 20.4 Å². The fourth-order valence-corrected chi connectivity index (χ4v) is 3.14. The molecule has 0 saturated carbocycles. The van der Waals surface area contributed by atoms with Crippen molar-refractivity contribution in [2.24, 2.45) is 0 Å². The number of hydrogen-bond acceptors (Lipinski definition) is 7. The number of methoxy groups -OCH3 is 1. The van der Waals surface area contributed by atoms with E-state index in [-0.39, 0.29) is 11.1 Å². The number of ether oxygens (including phenoxy) is 1. The molecule has 0 saturated heterocycles. The van der Waals surface area contributed by atoms with Crippen molar-refractivity contribution in [3.63, 3.8) is 0 Å².